The number of aromatic nitrogens is 3. The lowest BCUT2D eigenvalue weighted by molar-refractivity contribution is -0.147. The molecule has 1 saturated heterocycles. The number of aromatic amines is 1. The molecule has 2 aromatic carbocycles. The first-order valence-electron chi connectivity index (χ1n) is 11.6. The Labute approximate surface area is 205 Å². The quantitative estimate of drug-likeness (QED) is 0.383. The lowest BCUT2D eigenvalue weighted by Crippen LogP contribution is -2.29. The molecule has 0 saturated carbocycles. The second kappa shape index (κ2) is 8.86. The average Bonchev–Trinajstić information content (AvgIpc) is 3.57. The molecule has 1 fully saturated rings. The number of methoxy groups -OCH3 is 2. The first-order valence-corrected chi connectivity index (χ1v) is 11.6. The van der Waals surface area contributed by atoms with Crippen LogP contribution in [0.3, 0.4) is 0 Å². The molecule has 1 aliphatic rings. The van der Waals surface area contributed by atoms with Gasteiger partial charge in [-0.25, -0.2) is 13.6 Å². The summed E-state index contributed by atoms with van der Waals surface area (Å²) in [7, 11) is 2.97. The molecule has 1 aliphatic heterocycles. The van der Waals surface area contributed by atoms with Crippen molar-refractivity contribution >= 4 is 27.8 Å². The molecule has 0 spiro atoms. The molecule has 5 rings (SSSR count). The van der Waals surface area contributed by atoms with Gasteiger partial charge in [0.2, 0.25) is 0 Å². The number of hydrogen-bond donors (Lipinski definition) is 2. The van der Waals surface area contributed by atoms with Gasteiger partial charge in [-0.2, -0.15) is 5.10 Å². The van der Waals surface area contributed by atoms with Gasteiger partial charge in [0.25, 0.3) is 0 Å². The lowest BCUT2D eigenvalue weighted by atomic mass is 9.82. The molecule has 2 aromatic heterocycles. The maximum absolute atomic E-state index is 16.2. The third-order valence-corrected chi connectivity index (χ3v) is 6.86. The monoisotopic (exact) mass is 499 g/mol. The molecule has 36 heavy (non-hydrogen) atoms. The lowest BCUT2D eigenvalue weighted by Gasteiger charge is -2.29. The SMILES string of the molecule is COCC(C)(C)c1c([C@@H]2CO[C@@H](C(=O)O)C2)c2c(F)c3[nH]ncc3cc2n1-c1ccc(F)c(OC)c1. The average molecular weight is 500 g/mol. The van der Waals surface area contributed by atoms with Crippen LogP contribution in [0.5, 0.6) is 5.75 Å². The van der Waals surface area contributed by atoms with Gasteiger partial charge in [-0.3, -0.25) is 5.10 Å². The van der Waals surface area contributed by atoms with Crippen molar-refractivity contribution in [2.75, 3.05) is 27.4 Å². The van der Waals surface area contributed by atoms with E-state index in [1.807, 2.05) is 24.5 Å². The molecule has 10 heteroatoms. The standard InChI is InChI=1S/C26H27F2N3O5/c1-26(2,12-34-3)24-20(14-8-19(25(32)33)36-11-14)21-17(7-13-10-29-30-23(13)22(21)28)31(24)15-5-6-16(27)18(9-15)35-4/h5-7,9-10,14,19H,8,11-12H2,1-4H3,(H,29,30)(H,32,33)/t14-,19+/m0/s1. The Morgan fingerprint density at radius 3 is 2.75 bits per heavy atom. The normalized spacial score (nSPS) is 18.4. The van der Waals surface area contributed by atoms with Gasteiger partial charge in [-0.15, -0.1) is 0 Å². The Morgan fingerprint density at radius 1 is 1.31 bits per heavy atom. The van der Waals surface area contributed by atoms with Crippen molar-refractivity contribution in [3.63, 3.8) is 0 Å². The number of carboxylic acids is 1. The van der Waals surface area contributed by atoms with Crippen LogP contribution in [0.25, 0.3) is 27.5 Å². The number of nitrogens with zero attached hydrogens (tertiary/aromatic N) is 2. The van der Waals surface area contributed by atoms with E-state index in [1.54, 1.807) is 25.4 Å². The molecule has 2 atom stereocenters. The van der Waals surface area contributed by atoms with Crippen LogP contribution < -0.4 is 4.74 Å². The van der Waals surface area contributed by atoms with Crippen LogP contribution >= 0.6 is 0 Å². The minimum absolute atomic E-state index is 0.0476. The van der Waals surface area contributed by atoms with E-state index < -0.39 is 35.0 Å². The summed E-state index contributed by atoms with van der Waals surface area (Å²) in [5.74, 6) is -2.41. The number of hydrogen-bond acceptors (Lipinski definition) is 5. The predicted molar refractivity (Wildman–Crippen MR) is 129 cm³/mol. The fraction of sp³-hybridized carbons (Fsp3) is 0.385. The number of nitrogens with one attached hydrogen (secondary N) is 1. The Morgan fingerprint density at radius 2 is 2.08 bits per heavy atom. The number of aliphatic carboxylic acids is 1. The summed E-state index contributed by atoms with van der Waals surface area (Å²) in [6, 6.07) is 6.30. The van der Waals surface area contributed by atoms with Crippen molar-refractivity contribution in [1.82, 2.24) is 14.8 Å². The first-order chi connectivity index (χ1) is 17.2. The van der Waals surface area contributed by atoms with Gasteiger partial charge in [0, 0.05) is 46.7 Å². The summed E-state index contributed by atoms with van der Waals surface area (Å²) < 4.78 is 48.8. The molecule has 4 aromatic rings. The Kier molecular flexibility index (Phi) is 5.96. The van der Waals surface area contributed by atoms with Crippen LogP contribution in [0.15, 0.2) is 30.5 Å². The van der Waals surface area contributed by atoms with Crippen molar-refractivity contribution in [2.45, 2.75) is 37.7 Å². The highest BCUT2D eigenvalue weighted by atomic mass is 19.1. The van der Waals surface area contributed by atoms with Gasteiger partial charge < -0.3 is 23.9 Å². The summed E-state index contributed by atoms with van der Waals surface area (Å²) in [5, 5.41) is 17.2. The van der Waals surface area contributed by atoms with Gasteiger partial charge in [0.1, 0.15) is 5.52 Å². The third kappa shape index (κ3) is 3.72. The van der Waals surface area contributed by atoms with Crippen molar-refractivity contribution in [2.24, 2.45) is 0 Å². The van der Waals surface area contributed by atoms with Gasteiger partial charge in [0.15, 0.2) is 23.5 Å². The van der Waals surface area contributed by atoms with Gasteiger partial charge in [-0.1, -0.05) is 13.8 Å². The minimum atomic E-state index is -1.06. The van der Waals surface area contributed by atoms with Crippen LogP contribution in [-0.4, -0.2) is 59.4 Å². The van der Waals surface area contributed by atoms with Gasteiger partial charge in [0.05, 0.1) is 32.0 Å². The van der Waals surface area contributed by atoms with E-state index >= 15 is 4.39 Å². The zero-order chi connectivity index (χ0) is 25.8. The molecule has 3 heterocycles. The molecule has 2 N–H and O–H groups in total. The van der Waals surface area contributed by atoms with E-state index in [-0.39, 0.29) is 24.3 Å². The van der Waals surface area contributed by atoms with E-state index in [0.29, 0.717) is 34.1 Å². The fourth-order valence-corrected chi connectivity index (χ4v) is 5.38. The third-order valence-electron chi connectivity index (χ3n) is 6.86. The smallest absolute Gasteiger partial charge is 0.332 e. The second-order valence-corrected chi connectivity index (χ2v) is 9.75. The number of rotatable bonds is 7. The summed E-state index contributed by atoms with van der Waals surface area (Å²) in [6.45, 7) is 4.37. The van der Waals surface area contributed by atoms with Gasteiger partial charge >= 0.3 is 5.97 Å². The highest BCUT2D eigenvalue weighted by Crippen LogP contribution is 2.46. The molecule has 190 valence electrons. The van der Waals surface area contributed by atoms with Gasteiger partial charge in [-0.05, 0) is 30.2 Å². The van der Waals surface area contributed by atoms with Crippen molar-refractivity contribution in [1.29, 1.82) is 0 Å². The van der Waals surface area contributed by atoms with Crippen molar-refractivity contribution in [3.05, 3.63) is 53.4 Å². The summed E-state index contributed by atoms with van der Waals surface area (Å²) in [5.41, 5.74) is 2.09. The molecule has 0 amide bonds. The summed E-state index contributed by atoms with van der Waals surface area (Å²) in [4.78, 5) is 11.7. The van der Waals surface area contributed by atoms with E-state index in [0.717, 1.165) is 5.69 Å². The van der Waals surface area contributed by atoms with Crippen LogP contribution in [0.2, 0.25) is 0 Å². The van der Waals surface area contributed by atoms with E-state index in [1.165, 1.54) is 13.2 Å². The summed E-state index contributed by atoms with van der Waals surface area (Å²) in [6.07, 6.45) is 0.744. The number of ether oxygens (including phenoxy) is 3. The van der Waals surface area contributed by atoms with Crippen LogP contribution in [0, 0.1) is 11.6 Å². The zero-order valence-corrected chi connectivity index (χ0v) is 20.4. The predicted octanol–water partition coefficient (Wildman–Crippen LogP) is 4.67. The maximum Gasteiger partial charge on any atom is 0.332 e. The van der Waals surface area contributed by atoms with Crippen molar-refractivity contribution < 1.29 is 32.9 Å². The minimum Gasteiger partial charge on any atom is -0.494 e. The van der Waals surface area contributed by atoms with E-state index in [4.69, 9.17) is 14.2 Å². The van der Waals surface area contributed by atoms with Crippen molar-refractivity contribution in [3.8, 4) is 11.4 Å². The number of H-pyrrole nitrogens is 1. The van der Waals surface area contributed by atoms with Crippen LogP contribution in [0.4, 0.5) is 8.78 Å². The highest BCUT2D eigenvalue weighted by molar-refractivity contribution is 6.00. The summed E-state index contributed by atoms with van der Waals surface area (Å²) >= 11 is 0. The molecular formula is C26H27F2N3O5. The second-order valence-electron chi connectivity index (χ2n) is 9.75. The van der Waals surface area contributed by atoms with E-state index in [9.17, 15) is 14.3 Å². The highest BCUT2D eigenvalue weighted by Gasteiger charge is 2.40. The number of carbonyl (C=O) groups is 1. The van der Waals surface area contributed by atoms with Crippen LogP contribution in [-0.2, 0) is 19.7 Å². The number of benzene rings is 2. The van der Waals surface area contributed by atoms with E-state index in [2.05, 4.69) is 10.2 Å². The molecule has 0 radical (unpaired) electrons. The molecule has 8 nitrogen and oxygen atoms in total. The fourth-order valence-electron chi connectivity index (χ4n) is 5.38. The Bertz CT molecular complexity index is 1480. The topological polar surface area (TPSA) is 98.6 Å². The molecule has 0 aliphatic carbocycles. The number of halogens is 2. The zero-order valence-electron chi connectivity index (χ0n) is 20.4. The molecule has 0 unspecified atom stereocenters. The molecular weight excluding hydrogens is 472 g/mol. The molecule has 0 bridgehead atoms. The maximum atomic E-state index is 16.2. The van der Waals surface area contributed by atoms with Crippen LogP contribution in [0.1, 0.15) is 37.4 Å². The Hall–Kier alpha value is -3.50. The number of carboxylic acid groups (broad SMARTS) is 1. The number of fused-ring (bicyclic) bond motifs is 2. The Balaban J connectivity index is 1.92. The largest absolute Gasteiger partial charge is 0.494 e. The first kappa shape index (κ1) is 24.2.